The molecule has 0 radical (unpaired) electrons. The standard InChI is InChI=1S/C9H11F3N4O5S/c10-9(11,12)22(20,21)15-2-1-13-7-8(19)16(4-3-14-7)5-6(17)18/h3-4,15H,1-2,5H2,(H,13,14)(H,17,18). The molecule has 0 aromatic carbocycles. The van der Waals surface area contributed by atoms with Crippen molar-refractivity contribution in [1.82, 2.24) is 14.3 Å². The Bertz CT molecular complexity index is 700. The molecule has 0 saturated heterocycles. The van der Waals surface area contributed by atoms with Crippen molar-refractivity contribution in [2.45, 2.75) is 12.1 Å². The highest BCUT2D eigenvalue weighted by atomic mass is 32.2. The first-order valence-electron chi connectivity index (χ1n) is 5.61. The highest BCUT2D eigenvalue weighted by Crippen LogP contribution is 2.21. The summed E-state index contributed by atoms with van der Waals surface area (Å²) in [6, 6.07) is 0. The van der Waals surface area contributed by atoms with Crippen LogP contribution in [0.25, 0.3) is 0 Å². The molecule has 0 bridgehead atoms. The molecule has 0 aliphatic carbocycles. The molecule has 13 heteroatoms. The molecule has 3 N–H and O–H groups in total. The maximum Gasteiger partial charge on any atom is 0.511 e. The van der Waals surface area contributed by atoms with E-state index in [1.807, 2.05) is 0 Å². The third-order valence-electron chi connectivity index (χ3n) is 2.23. The van der Waals surface area contributed by atoms with Gasteiger partial charge < -0.3 is 10.4 Å². The van der Waals surface area contributed by atoms with Gasteiger partial charge in [0, 0.05) is 25.5 Å². The zero-order valence-electron chi connectivity index (χ0n) is 10.8. The van der Waals surface area contributed by atoms with Gasteiger partial charge in [-0.1, -0.05) is 0 Å². The van der Waals surface area contributed by atoms with Gasteiger partial charge in [0.25, 0.3) is 5.56 Å². The van der Waals surface area contributed by atoms with Crippen LogP contribution >= 0.6 is 0 Å². The van der Waals surface area contributed by atoms with Gasteiger partial charge in [-0.25, -0.2) is 18.1 Å². The molecule has 9 nitrogen and oxygen atoms in total. The lowest BCUT2D eigenvalue weighted by Gasteiger charge is -2.10. The number of carboxylic acid groups (broad SMARTS) is 1. The van der Waals surface area contributed by atoms with E-state index in [0.29, 0.717) is 0 Å². The minimum absolute atomic E-state index is 0.310. The maximum atomic E-state index is 12.0. The Morgan fingerprint density at radius 3 is 2.55 bits per heavy atom. The zero-order valence-corrected chi connectivity index (χ0v) is 11.6. The average Bonchev–Trinajstić information content (AvgIpc) is 2.36. The summed E-state index contributed by atoms with van der Waals surface area (Å²) in [6.07, 6.45) is 2.24. The summed E-state index contributed by atoms with van der Waals surface area (Å²) in [5, 5.41) is 10.9. The van der Waals surface area contributed by atoms with Crippen molar-refractivity contribution >= 4 is 21.8 Å². The smallest absolute Gasteiger partial charge is 0.480 e. The largest absolute Gasteiger partial charge is 0.511 e. The molecule has 0 saturated carbocycles. The van der Waals surface area contributed by atoms with E-state index in [1.165, 1.54) is 4.72 Å². The number of sulfonamides is 1. The van der Waals surface area contributed by atoms with Crippen LogP contribution in [-0.4, -0.2) is 47.6 Å². The van der Waals surface area contributed by atoms with Crippen molar-refractivity contribution in [2.75, 3.05) is 18.4 Å². The molecule has 0 atom stereocenters. The second-order valence-electron chi connectivity index (χ2n) is 3.87. The fraction of sp³-hybridized carbons (Fsp3) is 0.444. The molecule has 1 aromatic heterocycles. The third-order valence-corrected chi connectivity index (χ3v) is 3.43. The Hall–Kier alpha value is -2.15. The lowest BCUT2D eigenvalue weighted by atomic mass is 10.5. The first kappa shape index (κ1) is 17.9. The fourth-order valence-corrected chi connectivity index (χ4v) is 1.82. The number of carboxylic acids is 1. The number of hydrogen-bond acceptors (Lipinski definition) is 6. The summed E-state index contributed by atoms with van der Waals surface area (Å²) in [4.78, 5) is 25.8. The van der Waals surface area contributed by atoms with Crippen LogP contribution in [0, 0.1) is 0 Å². The van der Waals surface area contributed by atoms with Crippen molar-refractivity contribution < 1.29 is 31.5 Å². The van der Waals surface area contributed by atoms with Crippen molar-refractivity contribution in [3.63, 3.8) is 0 Å². The maximum absolute atomic E-state index is 12.0. The van der Waals surface area contributed by atoms with Gasteiger partial charge in [0.15, 0.2) is 5.82 Å². The van der Waals surface area contributed by atoms with E-state index >= 15 is 0 Å². The van der Waals surface area contributed by atoms with E-state index in [1.54, 1.807) is 0 Å². The second kappa shape index (κ2) is 6.74. The van der Waals surface area contributed by atoms with Gasteiger partial charge in [-0.15, -0.1) is 0 Å². The van der Waals surface area contributed by atoms with Gasteiger partial charge in [0.2, 0.25) is 0 Å². The number of halogens is 3. The predicted octanol–water partition coefficient (Wildman–Crippen LogP) is -0.821. The molecule has 0 aliphatic rings. The van der Waals surface area contributed by atoms with Crippen LogP contribution in [0.1, 0.15) is 0 Å². The zero-order chi connectivity index (χ0) is 17.0. The monoisotopic (exact) mass is 344 g/mol. The molecule has 1 aromatic rings. The van der Waals surface area contributed by atoms with E-state index in [9.17, 15) is 31.2 Å². The van der Waals surface area contributed by atoms with E-state index < -0.39 is 40.1 Å². The first-order chi connectivity index (χ1) is 10.0. The molecular formula is C9H11F3N4O5S. The molecule has 0 aliphatic heterocycles. The predicted molar refractivity (Wildman–Crippen MR) is 67.6 cm³/mol. The number of anilines is 1. The number of alkyl halides is 3. The quantitative estimate of drug-likeness (QED) is 0.551. The Morgan fingerprint density at radius 1 is 1.36 bits per heavy atom. The van der Waals surface area contributed by atoms with Crippen LogP contribution in [-0.2, 0) is 21.4 Å². The minimum atomic E-state index is -5.46. The number of hydrogen-bond donors (Lipinski definition) is 3. The molecular weight excluding hydrogens is 333 g/mol. The SMILES string of the molecule is O=C(O)Cn1ccnc(NCCNS(=O)(=O)C(F)(F)F)c1=O. The highest BCUT2D eigenvalue weighted by Gasteiger charge is 2.45. The molecule has 1 rings (SSSR count). The summed E-state index contributed by atoms with van der Waals surface area (Å²) < 4.78 is 59.6. The Morgan fingerprint density at radius 2 is 2.00 bits per heavy atom. The minimum Gasteiger partial charge on any atom is -0.480 e. The number of carbonyl (C=O) groups is 1. The van der Waals surface area contributed by atoms with Gasteiger partial charge in [0.05, 0.1) is 0 Å². The summed E-state index contributed by atoms with van der Waals surface area (Å²) in [6.45, 7) is -1.61. The van der Waals surface area contributed by atoms with Crippen LogP contribution in [0.2, 0.25) is 0 Å². The Labute approximate surface area is 121 Å². The lowest BCUT2D eigenvalue weighted by Crippen LogP contribution is -2.39. The molecule has 22 heavy (non-hydrogen) atoms. The van der Waals surface area contributed by atoms with Gasteiger partial charge in [-0.2, -0.15) is 13.2 Å². The summed E-state index contributed by atoms with van der Waals surface area (Å²) in [5.74, 6) is -1.58. The van der Waals surface area contributed by atoms with E-state index in [2.05, 4.69) is 10.3 Å². The number of aliphatic carboxylic acids is 1. The molecule has 0 amide bonds. The molecule has 0 spiro atoms. The molecule has 124 valence electrons. The van der Waals surface area contributed by atoms with Gasteiger partial charge in [-0.3, -0.25) is 14.2 Å². The van der Waals surface area contributed by atoms with Crippen LogP contribution < -0.4 is 15.6 Å². The molecule has 0 unspecified atom stereocenters. The van der Waals surface area contributed by atoms with Gasteiger partial charge in [-0.05, 0) is 0 Å². The van der Waals surface area contributed by atoms with Gasteiger partial charge in [0.1, 0.15) is 6.54 Å². The molecule has 0 fully saturated rings. The number of nitrogens with one attached hydrogen (secondary N) is 2. The average molecular weight is 344 g/mol. The molecule has 1 heterocycles. The van der Waals surface area contributed by atoms with E-state index in [-0.39, 0.29) is 12.4 Å². The van der Waals surface area contributed by atoms with Crippen LogP contribution in [0.5, 0.6) is 0 Å². The van der Waals surface area contributed by atoms with Crippen molar-refractivity contribution in [3.8, 4) is 0 Å². The van der Waals surface area contributed by atoms with Crippen molar-refractivity contribution in [3.05, 3.63) is 22.7 Å². The van der Waals surface area contributed by atoms with E-state index in [0.717, 1.165) is 17.0 Å². The first-order valence-corrected chi connectivity index (χ1v) is 7.10. The van der Waals surface area contributed by atoms with Crippen LogP contribution in [0.3, 0.4) is 0 Å². The van der Waals surface area contributed by atoms with Crippen molar-refractivity contribution in [2.24, 2.45) is 0 Å². The fourth-order valence-electron chi connectivity index (χ4n) is 1.29. The topological polar surface area (TPSA) is 130 Å². The summed E-state index contributed by atoms with van der Waals surface area (Å²) in [5.41, 5.74) is -6.23. The third kappa shape index (κ3) is 4.70. The van der Waals surface area contributed by atoms with Gasteiger partial charge >= 0.3 is 21.5 Å². The Balaban J connectivity index is 2.64. The summed E-state index contributed by atoms with van der Waals surface area (Å²) in [7, 11) is -5.46. The number of rotatable bonds is 7. The normalized spacial score (nSPS) is 12.1. The summed E-state index contributed by atoms with van der Waals surface area (Å²) >= 11 is 0. The lowest BCUT2D eigenvalue weighted by molar-refractivity contribution is -0.137. The number of aromatic nitrogens is 2. The van der Waals surface area contributed by atoms with Crippen LogP contribution in [0.4, 0.5) is 19.0 Å². The van der Waals surface area contributed by atoms with E-state index in [4.69, 9.17) is 5.11 Å². The van der Waals surface area contributed by atoms with Crippen molar-refractivity contribution in [1.29, 1.82) is 0 Å². The highest BCUT2D eigenvalue weighted by molar-refractivity contribution is 7.90. The number of nitrogens with zero attached hydrogens (tertiary/aromatic N) is 2. The second-order valence-corrected chi connectivity index (χ2v) is 5.63. The Kier molecular flexibility index (Phi) is 5.48. The van der Waals surface area contributed by atoms with Crippen LogP contribution in [0.15, 0.2) is 17.2 Å².